The number of hydrogen-bond acceptors (Lipinski definition) is 3. The molecule has 0 saturated heterocycles. The second-order valence-electron chi connectivity index (χ2n) is 5.75. The van der Waals surface area contributed by atoms with Gasteiger partial charge in [-0.05, 0) is 6.07 Å². The van der Waals surface area contributed by atoms with Crippen LogP contribution in [0.3, 0.4) is 0 Å². The van der Waals surface area contributed by atoms with Crippen LogP contribution in [-0.4, -0.2) is 46.6 Å². The average Bonchev–Trinajstić information content (AvgIpc) is 2.61. The Morgan fingerprint density at radius 1 is 0.812 bits per heavy atom. The summed E-state index contributed by atoms with van der Waals surface area (Å²) in [7, 11) is 0. The first-order valence-corrected chi connectivity index (χ1v) is 7.55. The Hall–Kier alpha value is -2.53. The number of amides is 1. The predicted octanol–water partition coefficient (Wildman–Crippen LogP) is 5.93. The van der Waals surface area contributed by atoms with Gasteiger partial charge in [0.05, 0.1) is 15.6 Å². The van der Waals surface area contributed by atoms with E-state index in [0.717, 1.165) is 0 Å². The summed E-state index contributed by atoms with van der Waals surface area (Å²) in [5.41, 5.74) is -2.36. The molecular formula is C13H4ClF13N2O3. The number of nitrogens with zero attached hydrogens (tertiary/aromatic N) is 1. The number of carbonyl (C=O) groups is 1. The Bertz CT molecular complexity index is 917. The lowest BCUT2D eigenvalue weighted by Gasteiger charge is -2.39. The molecule has 182 valence electrons. The van der Waals surface area contributed by atoms with E-state index in [9.17, 15) is 72.0 Å². The molecule has 0 fully saturated rings. The standard InChI is InChI=1S/C13H4ClF13N2O3/c14-5-2-1-4(29(31)32)3-6(5)28-7(30)8(15,16)9(17,18)10(19,20)11(21,22)12(23,24)13(25,26)27/h1-3H,(H,28,30). The van der Waals surface area contributed by atoms with Crippen LogP contribution < -0.4 is 5.32 Å². The molecule has 0 spiro atoms. The maximum Gasteiger partial charge on any atom is 0.460 e. The van der Waals surface area contributed by atoms with Crippen LogP contribution in [0.4, 0.5) is 68.5 Å². The second-order valence-corrected chi connectivity index (χ2v) is 6.15. The molecule has 0 aliphatic rings. The van der Waals surface area contributed by atoms with Crippen LogP contribution in [-0.2, 0) is 4.79 Å². The van der Waals surface area contributed by atoms with E-state index in [0.29, 0.717) is 17.4 Å². The molecular weight excluding hydrogens is 515 g/mol. The van der Waals surface area contributed by atoms with Crippen molar-refractivity contribution < 1.29 is 66.8 Å². The average molecular weight is 519 g/mol. The van der Waals surface area contributed by atoms with E-state index in [1.807, 2.05) is 0 Å². The number of alkyl halides is 13. The molecule has 0 bridgehead atoms. The van der Waals surface area contributed by atoms with Crippen molar-refractivity contribution in [2.24, 2.45) is 0 Å². The molecule has 1 aromatic rings. The van der Waals surface area contributed by atoms with Gasteiger partial charge in [0.2, 0.25) is 0 Å². The third-order valence-electron chi connectivity index (χ3n) is 3.63. The highest BCUT2D eigenvalue weighted by molar-refractivity contribution is 6.33. The Kier molecular flexibility index (Phi) is 6.71. The number of halogens is 14. The summed E-state index contributed by atoms with van der Waals surface area (Å²) in [6.07, 6.45) is -7.59. The Labute approximate surface area is 171 Å². The number of anilines is 1. The summed E-state index contributed by atoms with van der Waals surface area (Å²) in [6, 6.07) is 1.22. The van der Waals surface area contributed by atoms with Crippen molar-refractivity contribution in [3.63, 3.8) is 0 Å². The fourth-order valence-corrected chi connectivity index (χ4v) is 2.00. The minimum Gasteiger partial charge on any atom is -0.319 e. The third kappa shape index (κ3) is 3.99. The maximum absolute atomic E-state index is 13.7. The molecule has 0 aliphatic carbocycles. The minimum absolute atomic E-state index is 0.124. The van der Waals surface area contributed by atoms with Crippen molar-refractivity contribution in [3.05, 3.63) is 33.3 Å². The summed E-state index contributed by atoms with van der Waals surface area (Å²) >= 11 is 5.32. The minimum atomic E-state index is -8.17. The zero-order valence-corrected chi connectivity index (χ0v) is 15.0. The molecule has 19 heteroatoms. The van der Waals surface area contributed by atoms with Gasteiger partial charge in [0.25, 0.3) is 5.69 Å². The van der Waals surface area contributed by atoms with Crippen LogP contribution >= 0.6 is 11.6 Å². The van der Waals surface area contributed by atoms with E-state index in [2.05, 4.69) is 0 Å². The van der Waals surface area contributed by atoms with E-state index < -0.39 is 63.0 Å². The van der Waals surface area contributed by atoms with E-state index >= 15 is 0 Å². The molecule has 0 atom stereocenters. The monoisotopic (exact) mass is 518 g/mol. The van der Waals surface area contributed by atoms with Crippen molar-refractivity contribution in [2.75, 3.05) is 5.32 Å². The first kappa shape index (κ1) is 27.5. The summed E-state index contributed by atoms with van der Waals surface area (Å²) in [4.78, 5) is 20.7. The maximum atomic E-state index is 13.7. The van der Waals surface area contributed by atoms with Gasteiger partial charge in [0, 0.05) is 12.1 Å². The SMILES string of the molecule is O=C(Nc1cc([N+](=O)[O-])ccc1Cl)C(F)(F)C(F)(F)C(F)(F)C(F)(F)C(F)(F)C(F)(F)F. The van der Waals surface area contributed by atoms with Crippen molar-refractivity contribution >= 4 is 28.9 Å². The molecule has 1 amide bonds. The zero-order valence-electron chi connectivity index (χ0n) is 14.2. The molecule has 32 heavy (non-hydrogen) atoms. The van der Waals surface area contributed by atoms with Gasteiger partial charge < -0.3 is 5.32 Å². The van der Waals surface area contributed by atoms with Crippen LogP contribution in [0.25, 0.3) is 0 Å². The summed E-state index contributed by atoms with van der Waals surface area (Å²) < 4.78 is 169. The molecule has 0 heterocycles. The van der Waals surface area contributed by atoms with Gasteiger partial charge in [0.15, 0.2) is 0 Å². The fourth-order valence-electron chi connectivity index (χ4n) is 1.84. The molecule has 0 saturated carbocycles. The molecule has 0 aromatic heterocycles. The number of nitrogens with one attached hydrogen (secondary N) is 1. The molecule has 0 unspecified atom stereocenters. The number of nitro groups is 1. The van der Waals surface area contributed by atoms with Crippen LogP contribution in [0.15, 0.2) is 18.2 Å². The van der Waals surface area contributed by atoms with Gasteiger partial charge in [-0.1, -0.05) is 11.6 Å². The van der Waals surface area contributed by atoms with Crippen LogP contribution in [0.2, 0.25) is 5.02 Å². The van der Waals surface area contributed by atoms with Crippen LogP contribution in [0.1, 0.15) is 0 Å². The highest BCUT2D eigenvalue weighted by atomic mass is 35.5. The predicted molar refractivity (Wildman–Crippen MR) is 77.5 cm³/mol. The lowest BCUT2D eigenvalue weighted by atomic mass is 9.93. The molecule has 0 radical (unpaired) electrons. The zero-order chi connectivity index (χ0) is 25.7. The molecule has 1 N–H and O–H groups in total. The summed E-state index contributed by atoms with van der Waals surface area (Å²) in [5, 5.41) is 10.3. The van der Waals surface area contributed by atoms with Crippen molar-refractivity contribution in [1.29, 1.82) is 0 Å². The number of non-ortho nitro benzene ring substituents is 1. The Morgan fingerprint density at radius 3 is 1.66 bits per heavy atom. The van der Waals surface area contributed by atoms with Gasteiger partial charge in [-0.25, -0.2) is 0 Å². The van der Waals surface area contributed by atoms with E-state index in [1.54, 1.807) is 0 Å². The molecule has 5 nitrogen and oxygen atoms in total. The van der Waals surface area contributed by atoms with Crippen LogP contribution in [0, 0.1) is 10.1 Å². The van der Waals surface area contributed by atoms with Gasteiger partial charge in [-0.15, -0.1) is 0 Å². The number of nitro benzene ring substituents is 1. The second kappa shape index (κ2) is 7.80. The Morgan fingerprint density at radius 2 is 1.25 bits per heavy atom. The first-order chi connectivity index (χ1) is 14.0. The largest absolute Gasteiger partial charge is 0.460 e. The lowest BCUT2D eigenvalue weighted by Crippen LogP contribution is -2.71. The number of carbonyl (C=O) groups excluding carboxylic acids is 1. The van der Waals surface area contributed by atoms with Crippen molar-refractivity contribution in [3.8, 4) is 0 Å². The summed E-state index contributed by atoms with van der Waals surface area (Å²) in [5.74, 6) is -42.8. The van der Waals surface area contributed by atoms with E-state index in [1.165, 1.54) is 0 Å². The topological polar surface area (TPSA) is 72.2 Å². The fraction of sp³-hybridized carbons (Fsp3) is 0.462. The molecule has 0 aliphatic heterocycles. The number of rotatable bonds is 7. The third-order valence-corrected chi connectivity index (χ3v) is 3.96. The molecule has 1 aromatic carbocycles. The van der Waals surface area contributed by atoms with E-state index in [4.69, 9.17) is 11.6 Å². The van der Waals surface area contributed by atoms with Gasteiger partial charge in [-0.3, -0.25) is 14.9 Å². The lowest BCUT2D eigenvalue weighted by molar-refractivity contribution is -0.435. The van der Waals surface area contributed by atoms with E-state index in [-0.39, 0.29) is 6.07 Å². The van der Waals surface area contributed by atoms with Gasteiger partial charge in [0.1, 0.15) is 0 Å². The van der Waals surface area contributed by atoms with Crippen molar-refractivity contribution in [2.45, 2.75) is 35.8 Å². The summed E-state index contributed by atoms with van der Waals surface area (Å²) in [6.45, 7) is 0. The first-order valence-electron chi connectivity index (χ1n) is 7.18. The normalized spacial score (nSPS) is 14.3. The molecule has 1 rings (SSSR count). The highest BCUT2D eigenvalue weighted by Crippen LogP contribution is 2.60. The Balaban J connectivity index is 3.47. The number of hydrogen-bond donors (Lipinski definition) is 1. The van der Waals surface area contributed by atoms with Crippen LogP contribution in [0.5, 0.6) is 0 Å². The van der Waals surface area contributed by atoms with Gasteiger partial charge >= 0.3 is 41.7 Å². The number of benzene rings is 1. The quantitative estimate of drug-likeness (QED) is 0.276. The van der Waals surface area contributed by atoms with Gasteiger partial charge in [-0.2, -0.15) is 57.1 Å². The highest BCUT2D eigenvalue weighted by Gasteiger charge is 2.91. The smallest absolute Gasteiger partial charge is 0.319 e. The van der Waals surface area contributed by atoms with Crippen molar-refractivity contribution in [1.82, 2.24) is 0 Å².